The predicted molar refractivity (Wildman–Crippen MR) is 61.8 cm³/mol. The van der Waals surface area contributed by atoms with Gasteiger partial charge in [-0.1, -0.05) is 0 Å². The van der Waals surface area contributed by atoms with Crippen molar-refractivity contribution in [1.82, 2.24) is 20.8 Å². The lowest BCUT2D eigenvalue weighted by Gasteiger charge is -2.13. The van der Waals surface area contributed by atoms with Crippen LogP contribution < -0.4 is 10.6 Å². The smallest absolute Gasteiger partial charge is 0.332 e. The number of aromatic nitrogens is 2. The van der Waals surface area contributed by atoms with E-state index in [1.807, 2.05) is 0 Å². The average Bonchev–Trinajstić information content (AvgIpc) is 2.81. The van der Waals surface area contributed by atoms with Crippen LogP contribution in [0.3, 0.4) is 0 Å². The fourth-order valence-corrected chi connectivity index (χ4v) is 1.27. The molecule has 1 aromatic rings. The Kier molecular flexibility index (Phi) is 5.12. The quantitative estimate of drug-likeness (QED) is 0.473. The lowest BCUT2D eigenvalue weighted by atomic mass is 10.2. The summed E-state index contributed by atoms with van der Waals surface area (Å²) in [5.41, 5.74) is 0.829. The SMILES string of the molecule is CC(NC(=O)NCCC(O)C(=O)O)c1cn[nH]c1. The molecule has 0 bridgehead atoms. The van der Waals surface area contributed by atoms with Crippen molar-refractivity contribution in [1.29, 1.82) is 0 Å². The summed E-state index contributed by atoms with van der Waals surface area (Å²) in [5, 5.41) is 28.9. The van der Waals surface area contributed by atoms with E-state index in [4.69, 9.17) is 10.2 Å². The summed E-state index contributed by atoms with van der Waals surface area (Å²) in [4.78, 5) is 21.7. The lowest BCUT2D eigenvalue weighted by molar-refractivity contribution is -0.146. The van der Waals surface area contributed by atoms with Crippen molar-refractivity contribution in [2.75, 3.05) is 6.54 Å². The van der Waals surface area contributed by atoms with Crippen LogP contribution in [-0.2, 0) is 4.79 Å². The molecule has 0 aromatic carbocycles. The average molecular weight is 256 g/mol. The van der Waals surface area contributed by atoms with E-state index < -0.39 is 18.1 Å². The van der Waals surface area contributed by atoms with Crippen molar-refractivity contribution in [3.63, 3.8) is 0 Å². The Balaban J connectivity index is 2.24. The Hall–Kier alpha value is -2.09. The topological polar surface area (TPSA) is 127 Å². The number of carbonyl (C=O) groups excluding carboxylic acids is 1. The Morgan fingerprint density at radius 2 is 2.28 bits per heavy atom. The van der Waals surface area contributed by atoms with Gasteiger partial charge in [-0.15, -0.1) is 0 Å². The first-order valence-electron chi connectivity index (χ1n) is 5.44. The van der Waals surface area contributed by atoms with Gasteiger partial charge in [0.05, 0.1) is 12.2 Å². The van der Waals surface area contributed by atoms with E-state index in [0.717, 1.165) is 5.56 Å². The zero-order valence-corrected chi connectivity index (χ0v) is 9.88. The standard InChI is InChI=1S/C10H16N4O4/c1-6(7-4-12-13-5-7)14-10(18)11-3-2-8(15)9(16)17/h4-6,8,15H,2-3H2,1H3,(H,12,13)(H,16,17)(H2,11,14,18). The Labute approximate surface area is 103 Å². The first kappa shape index (κ1) is 14.0. The number of rotatable bonds is 6. The lowest BCUT2D eigenvalue weighted by Crippen LogP contribution is -2.38. The van der Waals surface area contributed by atoms with Crippen LogP contribution in [0.2, 0.25) is 0 Å². The van der Waals surface area contributed by atoms with Gasteiger partial charge in [0.25, 0.3) is 0 Å². The number of nitrogens with zero attached hydrogens (tertiary/aromatic N) is 1. The highest BCUT2D eigenvalue weighted by Gasteiger charge is 2.14. The molecule has 1 aromatic heterocycles. The van der Waals surface area contributed by atoms with Crippen molar-refractivity contribution in [2.24, 2.45) is 0 Å². The third-order valence-corrected chi connectivity index (χ3v) is 2.36. The summed E-state index contributed by atoms with van der Waals surface area (Å²) in [6.45, 7) is 1.87. The number of aliphatic hydroxyl groups excluding tert-OH is 1. The van der Waals surface area contributed by atoms with Gasteiger partial charge in [-0.25, -0.2) is 9.59 Å². The van der Waals surface area contributed by atoms with E-state index >= 15 is 0 Å². The molecule has 0 spiro atoms. The van der Waals surface area contributed by atoms with Crippen LogP contribution >= 0.6 is 0 Å². The number of hydrogen-bond donors (Lipinski definition) is 5. The molecule has 0 saturated heterocycles. The number of urea groups is 1. The van der Waals surface area contributed by atoms with Crippen LogP contribution in [-0.4, -0.2) is 45.1 Å². The molecule has 0 saturated carbocycles. The van der Waals surface area contributed by atoms with Crippen LogP contribution in [0.5, 0.6) is 0 Å². The van der Waals surface area contributed by atoms with Crippen molar-refractivity contribution in [3.05, 3.63) is 18.0 Å². The first-order chi connectivity index (χ1) is 8.50. The van der Waals surface area contributed by atoms with Crippen molar-refractivity contribution in [3.8, 4) is 0 Å². The monoisotopic (exact) mass is 256 g/mol. The molecule has 1 rings (SSSR count). The predicted octanol–water partition coefficient (Wildman–Crippen LogP) is -0.394. The van der Waals surface area contributed by atoms with Crippen molar-refractivity contribution in [2.45, 2.75) is 25.5 Å². The molecule has 0 radical (unpaired) electrons. The summed E-state index contributed by atoms with van der Waals surface area (Å²) >= 11 is 0. The summed E-state index contributed by atoms with van der Waals surface area (Å²) in [6.07, 6.45) is 1.76. The molecule has 0 fully saturated rings. The Morgan fingerprint density at radius 1 is 1.56 bits per heavy atom. The molecule has 0 aliphatic carbocycles. The number of carboxylic acid groups (broad SMARTS) is 1. The minimum Gasteiger partial charge on any atom is -0.479 e. The summed E-state index contributed by atoms with van der Waals surface area (Å²) in [6, 6.07) is -0.644. The van der Waals surface area contributed by atoms with Gasteiger partial charge < -0.3 is 20.8 Å². The van der Waals surface area contributed by atoms with Crippen LogP contribution in [0.15, 0.2) is 12.4 Å². The summed E-state index contributed by atoms with van der Waals surface area (Å²) in [5.74, 6) is -1.30. The Bertz CT molecular complexity index is 393. The van der Waals surface area contributed by atoms with Gasteiger partial charge in [0.15, 0.2) is 6.10 Å². The van der Waals surface area contributed by atoms with Crippen LogP contribution in [0.1, 0.15) is 24.9 Å². The summed E-state index contributed by atoms with van der Waals surface area (Å²) < 4.78 is 0. The van der Waals surface area contributed by atoms with Gasteiger partial charge in [-0.3, -0.25) is 5.10 Å². The molecule has 2 amide bonds. The molecular weight excluding hydrogens is 240 g/mol. The summed E-state index contributed by atoms with van der Waals surface area (Å²) in [7, 11) is 0. The van der Waals surface area contributed by atoms with E-state index in [9.17, 15) is 9.59 Å². The molecule has 100 valence electrons. The third kappa shape index (κ3) is 4.42. The minimum absolute atomic E-state index is 0.0388. The molecular formula is C10H16N4O4. The van der Waals surface area contributed by atoms with Gasteiger partial charge in [-0.05, 0) is 6.92 Å². The zero-order valence-electron chi connectivity index (χ0n) is 9.88. The van der Waals surface area contributed by atoms with E-state index in [2.05, 4.69) is 20.8 Å². The van der Waals surface area contributed by atoms with Crippen molar-refractivity contribution >= 4 is 12.0 Å². The van der Waals surface area contributed by atoms with Crippen LogP contribution in [0.4, 0.5) is 4.79 Å². The number of amides is 2. The van der Waals surface area contributed by atoms with Gasteiger partial charge >= 0.3 is 12.0 Å². The number of nitrogens with one attached hydrogen (secondary N) is 3. The number of carbonyl (C=O) groups is 2. The fourth-order valence-electron chi connectivity index (χ4n) is 1.27. The highest BCUT2D eigenvalue weighted by atomic mass is 16.4. The second-order valence-corrected chi connectivity index (χ2v) is 3.80. The van der Waals surface area contributed by atoms with E-state index in [1.165, 1.54) is 0 Å². The highest BCUT2D eigenvalue weighted by Crippen LogP contribution is 2.08. The van der Waals surface area contributed by atoms with E-state index in [1.54, 1.807) is 19.3 Å². The number of aromatic amines is 1. The molecule has 2 atom stereocenters. The molecule has 18 heavy (non-hydrogen) atoms. The van der Waals surface area contributed by atoms with Gasteiger partial charge in [0, 0.05) is 24.7 Å². The normalized spacial score (nSPS) is 13.7. The zero-order chi connectivity index (χ0) is 13.5. The second kappa shape index (κ2) is 6.60. The number of H-pyrrole nitrogens is 1. The van der Waals surface area contributed by atoms with E-state index in [-0.39, 0.29) is 19.0 Å². The molecule has 1 heterocycles. The molecule has 8 nitrogen and oxygen atoms in total. The second-order valence-electron chi connectivity index (χ2n) is 3.80. The Morgan fingerprint density at radius 3 is 2.83 bits per heavy atom. The van der Waals surface area contributed by atoms with Crippen molar-refractivity contribution < 1.29 is 19.8 Å². The molecule has 2 unspecified atom stereocenters. The molecule has 8 heteroatoms. The van der Waals surface area contributed by atoms with E-state index in [0.29, 0.717) is 0 Å². The molecule has 0 aliphatic rings. The number of hydrogen-bond acceptors (Lipinski definition) is 4. The first-order valence-corrected chi connectivity index (χ1v) is 5.44. The van der Waals surface area contributed by atoms with Crippen LogP contribution in [0.25, 0.3) is 0 Å². The largest absolute Gasteiger partial charge is 0.479 e. The maximum atomic E-state index is 11.4. The number of aliphatic hydroxyl groups is 1. The highest BCUT2D eigenvalue weighted by molar-refractivity contribution is 5.74. The minimum atomic E-state index is -1.46. The van der Waals surface area contributed by atoms with Gasteiger partial charge in [0.2, 0.25) is 0 Å². The maximum Gasteiger partial charge on any atom is 0.332 e. The molecule has 5 N–H and O–H groups in total. The maximum absolute atomic E-state index is 11.4. The van der Waals surface area contributed by atoms with Gasteiger partial charge in [-0.2, -0.15) is 5.10 Å². The van der Waals surface area contributed by atoms with Gasteiger partial charge in [0.1, 0.15) is 0 Å². The fraction of sp³-hybridized carbons (Fsp3) is 0.500. The van der Waals surface area contributed by atoms with Crippen LogP contribution in [0, 0.1) is 0 Å². The number of aliphatic carboxylic acids is 1. The third-order valence-electron chi connectivity index (χ3n) is 2.36. The number of carboxylic acids is 1. The molecule has 0 aliphatic heterocycles.